The average molecular weight is 319 g/mol. The molecule has 1 aliphatic rings. The van der Waals surface area contributed by atoms with Gasteiger partial charge in [-0.3, -0.25) is 0 Å². The molecule has 1 aromatic rings. The molecule has 6 nitrogen and oxygen atoms in total. The number of nitrogens with zero attached hydrogens (tertiary/aromatic N) is 1. The summed E-state index contributed by atoms with van der Waals surface area (Å²) in [6.45, 7) is 5.81. The van der Waals surface area contributed by atoms with Crippen molar-refractivity contribution in [3.63, 3.8) is 0 Å². The topological polar surface area (TPSA) is 70.7 Å². The Labute approximate surface area is 124 Å². The van der Waals surface area contributed by atoms with E-state index in [4.69, 9.17) is 4.74 Å². The first-order valence-corrected chi connectivity index (χ1v) is 9.12. The Morgan fingerprint density at radius 2 is 2.15 bits per heavy atom. The first-order valence-electron chi connectivity index (χ1n) is 6.75. The molecule has 8 heteroatoms. The van der Waals surface area contributed by atoms with Crippen LogP contribution in [-0.2, 0) is 21.3 Å². The summed E-state index contributed by atoms with van der Waals surface area (Å²) in [7, 11) is -3.49. The van der Waals surface area contributed by atoms with Crippen molar-refractivity contribution in [2.75, 3.05) is 32.8 Å². The smallest absolute Gasteiger partial charge is 0.254 e. The molecule has 1 aliphatic heterocycles. The van der Waals surface area contributed by atoms with Gasteiger partial charge in [0.2, 0.25) is 0 Å². The van der Waals surface area contributed by atoms with Crippen LogP contribution < -0.4 is 10.1 Å². The molecule has 1 saturated heterocycles. The highest BCUT2D eigenvalue weighted by Crippen LogP contribution is 2.22. The molecule has 0 aromatic carbocycles. The molecule has 0 atom stereocenters. The molecule has 2 heterocycles. The average Bonchev–Trinajstić information content (AvgIpc) is 2.89. The molecular formula is C12H21N3O3S2. The van der Waals surface area contributed by atoms with E-state index in [0.29, 0.717) is 37.7 Å². The number of hydrogen-bond acceptors (Lipinski definition) is 6. The highest BCUT2D eigenvalue weighted by Gasteiger charge is 2.23. The van der Waals surface area contributed by atoms with Gasteiger partial charge in [0.15, 0.2) is 0 Å². The van der Waals surface area contributed by atoms with Crippen LogP contribution >= 0.6 is 11.3 Å². The third-order valence-corrected chi connectivity index (χ3v) is 5.48. The Kier molecular flexibility index (Phi) is 5.94. The number of sulfonamides is 1. The van der Waals surface area contributed by atoms with Crippen molar-refractivity contribution < 1.29 is 13.2 Å². The standard InChI is InChI=1S/C12H21N3O3S2/c1-2-4-13-10-11-12(3-9-19-11)20(16,17)14-15-5-7-18-8-6-15/h3,9,13-14H,2,4-8,10H2,1H3. The Morgan fingerprint density at radius 3 is 2.85 bits per heavy atom. The molecule has 0 radical (unpaired) electrons. The first-order chi connectivity index (χ1) is 9.63. The highest BCUT2D eigenvalue weighted by atomic mass is 32.2. The van der Waals surface area contributed by atoms with Crippen LogP contribution in [0, 0.1) is 0 Å². The van der Waals surface area contributed by atoms with Crippen LogP contribution in [0.2, 0.25) is 0 Å². The minimum atomic E-state index is -3.49. The molecular weight excluding hydrogens is 298 g/mol. The SMILES string of the molecule is CCCNCc1sccc1S(=O)(=O)NN1CCOCC1. The largest absolute Gasteiger partial charge is 0.379 e. The Bertz CT molecular complexity index is 510. The van der Waals surface area contributed by atoms with Crippen LogP contribution in [0.1, 0.15) is 18.2 Å². The second-order valence-corrected chi connectivity index (χ2v) is 7.21. The zero-order valence-corrected chi connectivity index (χ0v) is 13.2. The lowest BCUT2D eigenvalue weighted by Crippen LogP contribution is -2.48. The molecule has 0 spiro atoms. The van der Waals surface area contributed by atoms with Crippen molar-refractivity contribution in [1.29, 1.82) is 0 Å². The van der Waals surface area contributed by atoms with E-state index in [-0.39, 0.29) is 0 Å². The van der Waals surface area contributed by atoms with Gasteiger partial charge in [0.25, 0.3) is 10.0 Å². The van der Waals surface area contributed by atoms with Gasteiger partial charge in [0.1, 0.15) is 0 Å². The van der Waals surface area contributed by atoms with Crippen molar-refractivity contribution in [2.45, 2.75) is 24.8 Å². The molecule has 0 amide bonds. The zero-order chi connectivity index (χ0) is 14.4. The van der Waals surface area contributed by atoms with Crippen LogP contribution in [0.3, 0.4) is 0 Å². The lowest BCUT2D eigenvalue weighted by molar-refractivity contribution is 0.0272. The fraction of sp³-hybridized carbons (Fsp3) is 0.667. The van der Waals surface area contributed by atoms with Crippen LogP contribution in [0.15, 0.2) is 16.3 Å². The summed E-state index contributed by atoms with van der Waals surface area (Å²) in [4.78, 5) is 3.85. The van der Waals surface area contributed by atoms with Gasteiger partial charge in [-0.1, -0.05) is 6.92 Å². The van der Waals surface area contributed by atoms with Crippen molar-refractivity contribution in [3.8, 4) is 0 Å². The maximum absolute atomic E-state index is 12.4. The van der Waals surface area contributed by atoms with Crippen molar-refractivity contribution in [1.82, 2.24) is 15.2 Å². The number of hydrogen-bond donors (Lipinski definition) is 2. The number of hydrazine groups is 1. The fourth-order valence-corrected chi connectivity index (χ4v) is 4.49. The van der Waals surface area contributed by atoms with E-state index in [9.17, 15) is 8.42 Å². The third kappa shape index (κ3) is 4.24. The molecule has 1 fully saturated rings. The molecule has 0 saturated carbocycles. The van der Waals surface area contributed by atoms with Crippen LogP contribution in [0.25, 0.3) is 0 Å². The van der Waals surface area contributed by atoms with E-state index in [1.165, 1.54) is 11.3 Å². The zero-order valence-electron chi connectivity index (χ0n) is 11.6. The summed E-state index contributed by atoms with van der Waals surface area (Å²) in [6, 6.07) is 1.66. The fourth-order valence-electron chi connectivity index (χ4n) is 1.95. The molecule has 2 N–H and O–H groups in total. The molecule has 114 valence electrons. The second-order valence-electron chi connectivity index (χ2n) is 4.58. The highest BCUT2D eigenvalue weighted by molar-refractivity contribution is 7.89. The molecule has 20 heavy (non-hydrogen) atoms. The summed E-state index contributed by atoms with van der Waals surface area (Å²) in [6.07, 6.45) is 1.03. The van der Waals surface area contributed by atoms with Gasteiger partial charge in [-0.15, -0.1) is 16.2 Å². The number of rotatable bonds is 7. The van der Waals surface area contributed by atoms with Gasteiger partial charge in [-0.2, -0.15) is 0 Å². The lowest BCUT2D eigenvalue weighted by Gasteiger charge is -2.26. The van der Waals surface area contributed by atoms with Crippen LogP contribution in [-0.4, -0.2) is 46.3 Å². The molecule has 1 aromatic heterocycles. The Morgan fingerprint density at radius 1 is 1.40 bits per heavy atom. The second kappa shape index (κ2) is 7.48. The number of thiophene rings is 1. The van der Waals surface area contributed by atoms with Crippen molar-refractivity contribution >= 4 is 21.4 Å². The van der Waals surface area contributed by atoms with Gasteiger partial charge < -0.3 is 10.1 Å². The van der Waals surface area contributed by atoms with Crippen LogP contribution in [0.4, 0.5) is 0 Å². The van der Waals surface area contributed by atoms with Gasteiger partial charge in [-0.05, 0) is 24.4 Å². The van der Waals surface area contributed by atoms with E-state index in [1.54, 1.807) is 11.1 Å². The van der Waals surface area contributed by atoms with Crippen LogP contribution in [0.5, 0.6) is 0 Å². The van der Waals surface area contributed by atoms with Crippen molar-refractivity contribution in [2.24, 2.45) is 0 Å². The minimum absolute atomic E-state index is 0.373. The Hall–Kier alpha value is -0.510. The summed E-state index contributed by atoms with van der Waals surface area (Å²) in [5, 5.41) is 6.75. The Balaban J connectivity index is 2.03. The minimum Gasteiger partial charge on any atom is -0.379 e. The quantitative estimate of drug-likeness (QED) is 0.727. The number of morpholine rings is 1. The number of nitrogens with one attached hydrogen (secondary N) is 2. The normalized spacial score (nSPS) is 17.4. The molecule has 0 bridgehead atoms. The summed E-state index contributed by atoms with van der Waals surface area (Å²) in [5.41, 5.74) is 0. The number of ether oxygens (including phenoxy) is 1. The maximum atomic E-state index is 12.4. The van der Waals surface area contributed by atoms with E-state index >= 15 is 0 Å². The predicted octanol–water partition coefficient (Wildman–Crippen LogP) is 0.773. The van der Waals surface area contributed by atoms with Gasteiger partial charge in [0.05, 0.1) is 18.1 Å². The van der Waals surface area contributed by atoms with Crippen molar-refractivity contribution in [3.05, 3.63) is 16.3 Å². The van der Waals surface area contributed by atoms with Gasteiger partial charge in [0, 0.05) is 24.5 Å². The van der Waals surface area contributed by atoms with Gasteiger partial charge >= 0.3 is 0 Å². The maximum Gasteiger partial charge on any atom is 0.254 e. The summed E-state index contributed by atoms with van der Waals surface area (Å²) >= 11 is 1.46. The first kappa shape index (κ1) is 15.9. The van der Waals surface area contributed by atoms with E-state index in [0.717, 1.165) is 17.8 Å². The predicted molar refractivity (Wildman–Crippen MR) is 79.0 cm³/mol. The van der Waals surface area contributed by atoms with E-state index in [1.807, 2.05) is 5.38 Å². The lowest BCUT2D eigenvalue weighted by atomic mass is 10.4. The summed E-state index contributed by atoms with van der Waals surface area (Å²) in [5.74, 6) is 0. The molecule has 2 rings (SSSR count). The third-order valence-electron chi connectivity index (χ3n) is 2.97. The monoisotopic (exact) mass is 319 g/mol. The van der Waals surface area contributed by atoms with E-state index < -0.39 is 10.0 Å². The van der Waals surface area contributed by atoms with E-state index in [2.05, 4.69) is 17.1 Å². The summed E-state index contributed by atoms with van der Waals surface area (Å²) < 4.78 is 30.0. The molecule has 0 unspecified atom stereocenters. The van der Waals surface area contributed by atoms with Gasteiger partial charge in [-0.25, -0.2) is 13.4 Å². The molecule has 0 aliphatic carbocycles.